The lowest BCUT2D eigenvalue weighted by Crippen LogP contribution is -2.00. The maximum atomic E-state index is 5.93. The molecular formula is C11H8BrClIN3O. The van der Waals surface area contributed by atoms with Gasteiger partial charge in [0.2, 0.25) is 0 Å². The number of nitrogens with zero attached hydrogens (tertiary/aromatic N) is 2. The van der Waals surface area contributed by atoms with Gasteiger partial charge in [-0.2, -0.15) is 0 Å². The number of hydrogen-bond donors (Lipinski definition) is 1. The number of anilines is 2. The van der Waals surface area contributed by atoms with Gasteiger partial charge in [-0.3, -0.25) is 0 Å². The minimum absolute atomic E-state index is 0.275. The Kier molecular flexibility index (Phi) is 4.63. The second kappa shape index (κ2) is 6.03. The third-order valence-electron chi connectivity index (χ3n) is 2.15. The first-order valence-corrected chi connectivity index (χ1v) is 7.13. The molecule has 1 aromatic heterocycles. The molecule has 0 saturated heterocycles. The zero-order valence-corrected chi connectivity index (χ0v) is 13.7. The Balaban J connectivity index is 2.37. The van der Waals surface area contributed by atoms with Gasteiger partial charge in [-0.15, -0.1) is 0 Å². The number of aromatic nitrogens is 2. The van der Waals surface area contributed by atoms with E-state index >= 15 is 0 Å². The Labute approximate surface area is 131 Å². The van der Waals surface area contributed by atoms with Crippen LogP contribution in [0.25, 0.3) is 0 Å². The summed E-state index contributed by atoms with van der Waals surface area (Å²) in [5.41, 5.74) is 0.878. The maximum absolute atomic E-state index is 5.93. The molecule has 0 bridgehead atoms. The highest BCUT2D eigenvalue weighted by molar-refractivity contribution is 14.1. The summed E-state index contributed by atoms with van der Waals surface area (Å²) >= 11 is 11.7. The number of nitrogens with one attached hydrogen (secondary N) is 1. The Morgan fingerprint density at radius 1 is 1.39 bits per heavy atom. The van der Waals surface area contributed by atoms with E-state index in [1.807, 2.05) is 18.2 Å². The first-order valence-electron chi connectivity index (χ1n) is 4.88. The lowest BCUT2D eigenvalue weighted by atomic mass is 10.3. The summed E-state index contributed by atoms with van der Waals surface area (Å²) in [7, 11) is 1.53. The van der Waals surface area contributed by atoms with Gasteiger partial charge in [0.15, 0.2) is 16.7 Å². The van der Waals surface area contributed by atoms with E-state index in [0.29, 0.717) is 11.6 Å². The molecule has 0 atom stereocenters. The molecule has 0 amide bonds. The third-order valence-corrected chi connectivity index (χ3v) is 3.74. The van der Waals surface area contributed by atoms with Gasteiger partial charge in [0, 0.05) is 8.04 Å². The molecule has 0 fully saturated rings. The average Bonchev–Trinajstić information content (AvgIpc) is 2.33. The van der Waals surface area contributed by atoms with Crippen LogP contribution in [0.15, 0.2) is 29.0 Å². The van der Waals surface area contributed by atoms with Crippen LogP contribution in [-0.2, 0) is 0 Å². The molecule has 0 aliphatic carbocycles. The van der Waals surface area contributed by atoms with Crippen molar-refractivity contribution in [2.75, 3.05) is 12.4 Å². The number of rotatable bonds is 3. The molecule has 0 saturated carbocycles. The van der Waals surface area contributed by atoms with Crippen LogP contribution in [0.2, 0.25) is 5.15 Å². The van der Waals surface area contributed by atoms with E-state index in [4.69, 9.17) is 16.3 Å². The van der Waals surface area contributed by atoms with Crippen molar-refractivity contribution >= 4 is 61.6 Å². The normalized spacial score (nSPS) is 10.2. The number of ether oxygens (including phenoxy) is 1. The summed E-state index contributed by atoms with van der Waals surface area (Å²) in [5, 5.41) is 3.42. The van der Waals surface area contributed by atoms with Crippen LogP contribution in [0.4, 0.5) is 11.5 Å². The van der Waals surface area contributed by atoms with Crippen molar-refractivity contribution in [3.8, 4) is 5.75 Å². The van der Waals surface area contributed by atoms with Crippen molar-refractivity contribution in [3.05, 3.63) is 37.7 Å². The quantitative estimate of drug-likeness (QED) is 0.573. The molecular weight excluding hydrogens is 432 g/mol. The van der Waals surface area contributed by atoms with Gasteiger partial charge in [0.1, 0.15) is 6.33 Å². The Hall–Kier alpha value is -0.600. The summed E-state index contributed by atoms with van der Waals surface area (Å²) < 4.78 is 7.25. The zero-order chi connectivity index (χ0) is 13.1. The third kappa shape index (κ3) is 3.04. The fourth-order valence-corrected chi connectivity index (χ4v) is 2.95. The molecule has 0 aliphatic heterocycles. The van der Waals surface area contributed by atoms with E-state index < -0.39 is 0 Å². The van der Waals surface area contributed by atoms with Crippen LogP contribution in [0, 0.1) is 3.57 Å². The van der Waals surface area contributed by atoms with E-state index in [1.165, 1.54) is 13.4 Å². The SMILES string of the molecule is COc1c(Cl)ncnc1Nc1ccc(I)cc1Br. The summed E-state index contributed by atoms with van der Waals surface area (Å²) in [5.74, 6) is 0.948. The molecule has 4 nitrogen and oxygen atoms in total. The monoisotopic (exact) mass is 439 g/mol. The molecule has 2 rings (SSSR count). The van der Waals surface area contributed by atoms with E-state index in [9.17, 15) is 0 Å². The van der Waals surface area contributed by atoms with Gasteiger partial charge in [-0.1, -0.05) is 11.6 Å². The minimum Gasteiger partial charge on any atom is -0.490 e. The van der Waals surface area contributed by atoms with Gasteiger partial charge >= 0.3 is 0 Å². The molecule has 1 aromatic carbocycles. The number of benzene rings is 1. The second-order valence-electron chi connectivity index (χ2n) is 3.30. The summed E-state index contributed by atoms with van der Waals surface area (Å²) in [6.45, 7) is 0. The van der Waals surface area contributed by atoms with Gasteiger partial charge in [-0.25, -0.2) is 9.97 Å². The first kappa shape index (κ1) is 13.8. The van der Waals surface area contributed by atoms with Crippen LogP contribution in [-0.4, -0.2) is 17.1 Å². The molecule has 0 aliphatic rings. The predicted octanol–water partition coefficient (Wildman–Crippen LogP) is 4.25. The van der Waals surface area contributed by atoms with Crippen LogP contribution < -0.4 is 10.1 Å². The van der Waals surface area contributed by atoms with Crippen LogP contribution in [0.1, 0.15) is 0 Å². The summed E-state index contributed by atoms with van der Waals surface area (Å²) in [4.78, 5) is 7.98. The molecule has 1 N–H and O–H groups in total. The summed E-state index contributed by atoms with van der Waals surface area (Å²) in [6, 6.07) is 5.93. The summed E-state index contributed by atoms with van der Waals surface area (Å²) in [6.07, 6.45) is 1.38. The second-order valence-corrected chi connectivity index (χ2v) is 5.75. The smallest absolute Gasteiger partial charge is 0.199 e. The molecule has 18 heavy (non-hydrogen) atoms. The van der Waals surface area contributed by atoms with Crippen molar-refractivity contribution in [3.63, 3.8) is 0 Å². The van der Waals surface area contributed by atoms with Crippen molar-refractivity contribution in [2.45, 2.75) is 0 Å². The molecule has 2 aromatic rings. The number of halogens is 3. The van der Waals surface area contributed by atoms with E-state index in [-0.39, 0.29) is 5.15 Å². The van der Waals surface area contributed by atoms with Crippen LogP contribution in [0.3, 0.4) is 0 Å². The highest BCUT2D eigenvalue weighted by Gasteiger charge is 2.11. The standard InChI is InChI=1S/C11H8BrClIN3O/c1-18-9-10(13)15-5-16-11(9)17-8-3-2-6(14)4-7(8)12/h2-5H,1H3,(H,15,16,17). The molecule has 0 unspecified atom stereocenters. The fraction of sp³-hybridized carbons (Fsp3) is 0.0909. The highest BCUT2D eigenvalue weighted by atomic mass is 127. The van der Waals surface area contributed by atoms with Gasteiger partial charge in [0.05, 0.1) is 12.8 Å². The Morgan fingerprint density at radius 3 is 2.83 bits per heavy atom. The molecule has 7 heteroatoms. The van der Waals surface area contributed by atoms with Crippen LogP contribution in [0.5, 0.6) is 5.75 Å². The van der Waals surface area contributed by atoms with Crippen LogP contribution >= 0.6 is 50.1 Å². The van der Waals surface area contributed by atoms with Crippen molar-refractivity contribution in [2.24, 2.45) is 0 Å². The highest BCUT2D eigenvalue weighted by Crippen LogP contribution is 2.33. The Bertz CT molecular complexity index is 582. The zero-order valence-electron chi connectivity index (χ0n) is 9.25. The lowest BCUT2D eigenvalue weighted by molar-refractivity contribution is 0.413. The molecule has 1 heterocycles. The van der Waals surface area contributed by atoms with Gasteiger partial charge < -0.3 is 10.1 Å². The van der Waals surface area contributed by atoms with Gasteiger partial charge in [-0.05, 0) is 56.7 Å². The number of hydrogen-bond acceptors (Lipinski definition) is 4. The van der Waals surface area contributed by atoms with Gasteiger partial charge in [0.25, 0.3) is 0 Å². The maximum Gasteiger partial charge on any atom is 0.199 e. The molecule has 94 valence electrons. The van der Waals surface area contributed by atoms with E-state index in [0.717, 1.165) is 13.7 Å². The van der Waals surface area contributed by atoms with E-state index in [1.54, 1.807) is 0 Å². The van der Waals surface area contributed by atoms with Crippen molar-refractivity contribution < 1.29 is 4.74 Å². The van der Waals surface area contributed by atoms with E-state index in [2.05, 4.69) is 53.8 Å². The first-order chi connectivity index (χ1) is 8.61. The minimum atomic E-state index is 0.275. The predicted molar refractivity (Wildman–Crippen MR) is 83.7 cm³/mol. The molecule has 0 radical (unpaired) electrons. The van der Waals surface area contributed by atoms with Crippen molar-refractivity contribution in [1.82, 2.24) is 9.97 Å². The Morgan fingerprint density at radius 2 is 2.17 bits per heavy atom. The lowest BCUT2D eigenvalue weighted by Gasteiger charge is -2.11. The molecule has 0 spiro atoms. The van der Waals surface area contributed by atoms with Crippen molar-refractivity contribution in [1.29, 1.82) is 0 Å². The number of methoxy groups -OCH3 is 1. The fourth-order valence-electron chi connectivity index (χ4n) is 1.34. The largest absolute Gasteiger partial charge is 0.490 e. The topological polar surface area (TPSA) is 47.0 Å². The average molecular weight is 440 g/mol.